The topological polar surface area (TPSA) is 100 Å². The fourth-order valence-corrected chi connectivity index (χ4v) is 4.83. The number of hydrogen-bond donors (Lipinski definition) is 1. The fraction of sp³-hybridized carbons (Fsp3) is 0.258. The van der Waals surface area contributed by atoms with Crippen molar-refractivity contribution >= 4 is 11.0 Å². The molecule has 1 saturated heterocycles. The van der Waals surface area contributed by atoms with Crippen LogP contribution >= 0.6 is 0 Å². The van der Waals surface area contributed by atoms with Gasteiger partial charge < -0.3 is 23.9 Å². The van der Waals surface area contributed by atoms with E-state index in [-0.39, 0.29) is 12.2 Å². The lowest BCUT2D eigenvalue weighted by atomic mass is 10.1. The summed E-state index contributed by atoms with van der Waals surface area (Å²) in [4.78, 5) is 19.2. The monoisotopic (exact) mass is 538 g/mol. The van der Waals surface area contributed by atoms with Crippen molar-refractivity contribution in [3.05, 3.63) is 131 Å². The molecule has 0 aliphatic carbocycles. The lowest BCUT2D eigenvalue weighted by Crippen LogP contribution is -2.38. The van der Waals surface area contributed by atoms with Crippen molar-refractivity contribution in [2.45, 2.75) is 44.4 Å². The van der Waals surface area contributed by atoms with Gasteiger partial charge in [-0.05, 0) is 16.7 Å². The highest BCUT2D eigenvalue weighted by Crippen LogP contribution is 2.35. The average molecular weight is 539 g/mol. The first kappa shape index (κ1) is 26.1. The number of ether oxygens (including phenoxy) is 4. The lowest BCUT2D eigenvalue weighted by molar-refractivity contribution is -0.0932. The maximum absolute atomic E-state index is 12.4. The van der Waals surface area contributed by atoms with Gasteiger partial charge in [0.15, 0.2) is 11.9 Å². The Morgan fingerprint density at radius 2 is 1.35 bits per heavy atom. The smallest absolute Gasteiger partial charge is 0.261 e. The molecule has 1 N–H and O–H groups in total. The average Bonchev–Trinajstić information content (AvgIpc) is 3.59. The summed E-state index contributed by atoms with van der Waals surface area (Å²) in [5.41, 5.74) is 3.20. The van der Waals surface area contributed by atoms with E-state index in [9.17, 15) is 4.79 Å². The minimum atomic E-state index is -0.664. The highest BCUT2D eigenvalue weighted by atomic mass is 16.6. The first-order valence-electron chi connectivity index (χ1n) is 13.3. The predicted octanol–water partition coefficient (Wildman–Crippen LogP) is 4.40. The van der Waals surface area contributed by atoms with E-state index in [0.29, 0.717) is 30.9 Å². The Bertz CT molecular complexity index is 1560. The lowest BCUT2D eigenvalue weighted by Gasteiger charge is -2.25. The molecule has 3 heterocycles. The largest absolute Gasteiger partial charge is 0.374 e. The number of H-pyrrole nitrogens is 1. The summed E-state index contributed by atoms with van der Waals surface area (Å²) in [7, 11) is 0. The summed E-state index contributed by atoms with van der Waals surface area (Å²) < 4.78 is 27.3. The van der Waals surface area contributed by atoms with Gasteiger partial charge in [0.05, 0.1) is 32.8 Å². The van der Waals surface area contributed by atoms with Crippen LogP contribution in [0.2, 0.25) is 0 Å². The van der Waals surface area contributed by atoms with E-state index in [0.717, 1.165) is 16.7 Å². The van der Waals surface area contributed by atoms with Crippen molar-refractivity contribution < 1.29 is 18.9 Å². The predicted molar refractivity (Wildman–Crippen MR) is 148 cm³/mol. The molecule has 4 atom stereocenters. The number of hydrogen-bond acceptors (Lipinski definition) is 7. The second kappa shape index (κ2) is 12.4. The Balaban J connectivity index is 1.29. The molecule has 9 heteroatoms. The van der Waals surface area contributed by atoms with Crippen molar-refractivity contribution in [3.8, 4) is 0 Å². The molecule has 1 aliphatic heterocycles. The standard InChI is InChI=1S/C31H30N4O5/c36-30-25-16-35(34-29(25)32-21-33-30)31-28(39-19-24-14-8-3-9-15-24)27(38-18-23-12-6-2-7-13-23)26(40-31)20-37-17-22-10-4-1-5-11-22/h1-16,21,26-28,31H,17-20H2,(H,32,33,34,36)/t26-,27-,28+,31+/m1/s1. The van der Waals surface area contributed by atoms with Crippen molar-refractivity contribution in [1.29, 1.82) is 0 Å². The molecular formula is C31H30N4O5. The summed E-state index contributed by atoms with van der Waals surface area (Å²) in [6.07, 6.45) is 0.866. The van der Waals surface area contributed by atoms with E-state index < -0.39 is 24.5 Å². The molecular weight excluding hydrogens is 508 g/mol. The number of benzene rings is 3. The molecule has 0 bridgehead atoms. The molecule has 0 saturated carbocycles. The summed E-state index contributed by atoms with van der Waals surface area (Å²) in [6, 6.07) is 29.9. The molecule has 3 aromatic carbocycles. The van der Waals surface area contributed by atoms with E-state index >= 15 is 0 Å². The molecule has 5 aromatic rings. The van der Waals surface area contributed by atoms with Gasteiger partial charge in [-0.15, -0.1) is 5.10 Å². The number of aromatic amines is 1. The Morgan fingerprint density at radius 3 is 1.95 bits per heavy atom. The van der Waals surface area contributed by atoms with Crippen LogP contribution in [0.1, 0.15) is 22.9 Å². The van der Waals surface area contributed by atoms with E-state index in [2.05, 4.69) is 15.1 Å². The first-order chi connectivity index (χ1) is 19.7. The Morgan fingerprint density at radius 1 is 0.775 bits per heavy atom. The van der Waals surface area contributed by atoms with Crippen LogP contribution in [0.15, 0.2) is 108 Å². The zero-order valence-electron chi connectivity index (χ0n) is 21.8. The molecule has 204 valence electrons. The van der Waals surface area contributed by atoms with Crippen LogP contribution in [0, 0.1) is 0 Å². The number of aromatic nitrogens is 4. The van der Waals surface area contributed by atoms with Gasteiger partial charge in [0.2, 0.25) is 0 Å². The first-order valence-corrected chi connectivity index (χ1v) is 13.3. The molecule has 9 nitrogen and oxygen atoms in total. The van der Waals surface area contributed by atoms with Crippen LogP contribution in [-0.2, 0) is 38.8 Å². The zero-order valence-corrected chi connectivity index (χ0v) is 21.8. The molecule has 0 amide bonds. The van der Waals surface area contributed by atoms with Crippen LogP contribution in [0.25, 0.3) is 11.0 Å². The maximum Gasteiger partial charge on any atom is 0.261 e. The number of rotatable bonds is 11. The SMILES string of the molecule is O=c1[nH]cnc2nn([C@H]3O[C@H](COCc4ccccc4)[C@@H](OCc4ccccc4)[C@@H]3OCc3ccccc3)cc12. The molecule has 6 rings (SSSR count). The van der Waals surface area contributed by atoms with Gasteiger partial charge in [-0.1, -0.05) is 91.0 Å². The molecule has 1 fully saturated rings. The molecule has 0 spiro atoms. The van der Waals surface area contributed by atoms with Gasteiger partial charge in [0.1, 0.15) is 23.7 Å². The van der Waals surface area contributed by atoms with Crippen LogP contribution < -0.4 is 5.56 Å². The van der Waals surface area contributed by atoms with Gasteiger partial charge in [-0.3, -0.25) is 4.79 Å². The fourth-order valence-electron chi connectivity index (χ4n) is 4.83. The Labute approximate surface area is 231 Å². The summed E-state index contributed by atoms with van der Waals surface area (Å²) >= 11 is 0. The van der Waals surface area contributed by atoms with Crippen LogP contribution in [0.3, 0.4) is 0 Å². The maximum atomic E-state index is 12.4. The van der Waals surface area contributed by atoms with Gasteiger partial charge in [-0.2, -0.15) is 0 Å². The third kappa shape index (κ3) is 6.03. The second-order valence-electron chi connectivity index (χ2n) is 9.67. The normalized spacial score (nSPS) is 20.7. The van der Waals surface area contributed by atoms with E-state index in [1.54, 1.807) is 10.9 Å². The quantitative estimate of drug-likeness (QED) is 0.266. The Hall–Kier alpha value is -4.15. The number of fused-ring (bicyclic) bond motifs is 1. The molecule has 2 aromatic heterocycles. The van der Waals surface area contributed by atoms with Crippen molar-refractivity contribution in [2.75, 3.05) is 6.61 Å². The van der Waals surface area contributed by atoms with Crippen LogP contribution in [0.5, 0.6) is 0 Å². The third-order valence-electron chi connectivity index (χ3n) is 6.85. The van der Waals surface area contributed by atoms with Crippen LogP contribution in [-0.4, -0.2) is 44.7 Å². The van der Waals surface area contributed by atoms with E-state index in [1.165, 1.54) is 6.33 Å². The molecule has 0 unspecified atom stereocenters. The highest BCUT2D eigenvalue weighted by molar-refractivity contribution is 5.72. The summed E-state index contributed by atoms with van der Waals surface area (Å²) in [5, 5.41) is 4.93. The molecule has 40 heavy (non-hydrogen) atoms. The second-order valence-corrected chi connectivity index (χ2v) is 9.67. The highest BCUT2D eigenvalue weighted by Gasteiger charge is 2.48. The number of nitrogens with one attached hydrogen (secondary N) is 1. The van der Waals surface area contributed by atoms with E-state index in [1.807, 2.05) is 91.0 Å². The Kier molecular flexibility index (Phi) is 8.06. The van der Waals surface area contributed by atoms with Gasteiger partial charge >= 0.3 is 0 Å². The van der Waals surface area contributed by atoms with Crippen LogP contribution in [0.4, 0.5) is 0 Å². The number of nitrogens with zero attached hydrogens (tertiary/aromatic N) is 3. The van der Waals surface area contributed by atoms with Gasteiger partial charge in [0.25, 0.3) is 5.56 Å². The minimum Gasteiger partial charge on any atom is -0.374 e. The van der Waals surface area contributed by atoms with E-state index in [4.69, 9.17) is 18.9 Å². The minimum absolute atomic E-state index is 0.268. The van der Waals surface area contributed by atoms with Gasteiger partial charge in [-0.25, -0.2) is 9.67 Å². The van der Waals surface area contributed by atoms with Gasteiger partial charge in [0, 0.05) is 6.20 Å². The molecule has 0 radical (unpaired) electrons. The van der Waals surface area contributed by atoms with Crippen molar-refractivity contribution in [1.82, 2.24) is 19.7 Å². The zero-order chi connectivity index (χ0) is 27.1. The molecule has 1 aliphatic rings. The summed E-state index contributed by atoms with van der Waals surface area (Å²) in [6.45, 7) is 1.46. The van der Waals surface area contributed by atoms with Crippen molar-refractivity contribution in [3.63, 3.8) is 0 Å². The van der Waals surface area contributed by atoms with Crippen molar-refractivity contribution in [2.24, 2.45) is 0 Å². The third-order valence-corrected chi connectivity index (χ3v) is 6.85. The summed E-state index contributed by atoms with van der Waals surface area (Å²) in [5.74, 6) is 0.